The molecule has 6 heteroatoms. The molecule has 104 valence electrons. The number of H-pyrrole nitrogens is 1. The van der Waals surface area contributed by atoms with E-state index in [1.165, 1.54) is 0 Å². The number of nitrogens with zero attached hydrogens (tertiary/aromatic N) is 2. The molecular formula is C14H15N3O3. The Balaban J connectivity index is 1.64. The van der Waals surface area contributed by atoms with Crippen LogP contribution in [0, 0.1) is 5.92 Å². The van der Waals surface area contributed by atoms with E-state index in [2.05, 4.69) is 10.2 Å². The predicted molar refractivity (Wildman–Crippen MR) is 72.1 cm³/mol. The van der Waals surface area contributed by atoms with Crippen LogP contribution < -0.4 is 0 Å². The number of carboxylic acids is 1. The number of amides is 1. The molecule has 2 N–H and O–H groups in total. The monoisotopic (exact) mass is 273 g/mol. The number of benzene rings is 1. The highest BCUT2D eigenvalue weighted by Gasteiger charge is 2.33. The van der Waals surface area contributed by atoms with Crippen molar-refractivity contribution in [2.45, 2.75) is 12.8 Å². The van der Waals surface area contributed by atoms with Gasteiger partial charge in [-0.2, -0.15) is 5.10 Å². The van der Waals surface area contributed by atoms with Crippen LogP contribution in [-0.2, 0) is 16.0 Å². The van der Waals surface area contributed by atoms with Crippen molar-refractivity contribution in [1.82, 2.24) is 15.1 Å². The zero-order chi connectivity index (χ0) is 14.1. The third-order valence-corrected chi connectivity index (χ3v) is 3.74. The second kappa shape index (κ2) is 4.96. The van der Waals surface area contributed by atoms with Crippen molar-refractivity contribution >= 4 is 22.8 Å². The summed E-state index contributed by atoms with van der Waals surface area (Å²) in [6.07, 6.45) is 2.61. The summed E-state index contributed by atoms with van der Waals surface area (Å²) in [5.74, 6) is -1.51. The van der Waals surface area contributed by atoms with E-state index in [-0.39, 0.29) is 12.3 Å². The highest BCUT2D eigenvalue weighted by molar-refractivity contribution is 5.86. The Morgan fingerprint density at radius 3 is 3.10 bits per heavy atom. The van der Waals surface area contributed by atoms with Gasteiger partial charge in [0.1, 0.15) is 0 Å². The number of carbonyl (C=O) groups is 2. The smallest absolute Gasteiger partial charge is 0.308 e. The van der Waals surface area contributed by atoms with E-state index >= 15 is 0 Å². The Morgan fingerprint density at radius 2 is 2.35 bits per heavy atom. The number of hydrogen-bond acceptors (Lipinski definition) is 3. The lowest BCUT2D eigenvalue weighted by atomic mass is 10.1. The van der Waals surface area contributed by atoms with Crippen molar-refractivity contribution < 1.29 is 14.7 Å². The lowest BCUT2D eigenvalue weighted by Gasteiger charge is -2.15. The van der Waals surface area contributed by atoms with E-state index in [1.54, 1.807) is 11.1 Å². The quantitative estimate of drug-likeness (QED) is 0.871. The van der Waals surface area contributed by atoms with Crippen LogP contribution in [-0.4, -0.2) is 45.2 Å². The van der Waals surface area contributed by atoms with Crippen LogP contribution in [0.25, 0.3) is 10.9 Å². The zero-order valence-corrected chi connectivity index (χ0v) is 10.9. The third kappa shape index (κ3) is 2.36. The molecule has 0 spiro atoms. The second-order valence-corrected chi connectivity index (χ2v) is 5.12. The van der Waals surface area contributed by atoms with Crippen LogP contribution in [0.15, 0.2) is 24.4 Å². The molecule has 0 saturated carbocycles. The normalized spacial score (nSPS) is 18.9. The minimum atomic E-state index is -0.888. The van der Waals surface area contributed by atoms with Gasteiger partial charge in [-0.1, -0.05) is 6.07 Å². The number of aromatic amines is 1. The molecule has 1 aliphatic heterocycles. The molecule has 2 aromatic rings. The molecule has 1 amide bonds. The lowest BCUT2D eigenvalue weighted by molar-refractivity contribution is -0.141. The van der Waals surface area contributed by atoms with Gasteiger partial charge < -0.3 is 10.0 Å². The van der Waals surface area contributed by atoms with Crippen molar-refractivity contribution in [2.75, 3.05) is 13.1 Å². The van der Waals surface area contributed by atoms with Gasteiger partial charge >= 0.3 is 5.97 Å². The van der Waals surface area contributed by atoms with Gasteiger partial charge in [0.2, 0.25) is 5.91 Å². The first kappa shape index (κ1) is 12.7. The number of aliphatic carboxylic acids is 1. The first-order valence-corrected chi connectivity index (χ1v) is 6.56. The van der Waals surface area contributed by atoms with Crippen LogP contribution in [0.1, 0.15) is 12.0 Å². The maximum atomic E-state index is 11.7. The van der Waals surface area contributed by atoms with E-state index in [4.69, 9.17) is 5.11 Å². The molecule has 0 radical (unpaired) electrons. The summed E-state index contributed by atoms with van der Waals surface area (Å²) in [6, 6.07) is 5.99. The average molecular weight is 273 g/mol. The van der Waals surface area contributed by atoms with E-state index < -0.39 is 11.9 Å². The summed E-state index contributed by atoms with van der Waals surface area (Å²) >= 11 is 0. The molecule has 1 unspecified atom stereocenters. The number of likely N-dealkylation sites (tertiary alicyclic amines) is 1. The van der Waals surface area contributed by atoms with E-state index in [0.717, 1.165) is 22.9 Å². The van der Waals surface area contributed by atoms with Crippen LogP contribution in [0.4, 0.5) is 0 Å². The summed E-state index contributed by atoms with van der Waals surface area (Å²) in [5, 5.41) is 16.8. The van der Waals surface area contributed by atoms with Crippen LogP contribution in [0.2, 0.25) is 0 Å². The summed E-state index contributed by atoms with van der Waals surface area (Å²) in [5.41, 5.74) is 2.10. The Hall–Kier alpha value is -2.37. The number of fused-ring (bicyclic) bond motifs is 1. The maximum Gasteiger partial charge on any atom is 0.308 e. The number of rotatable bonds is 4. The third-order valence-electron chi connectivity index (χ3n) is 3.74. The van der Waals surface area contributed by atoms with E-state index in [1.807, 2.05) is 18.2 Å². The molecule has 1 atom stereocenters. The van der Waals surface area contributed by atoms with Crippen molar-refractivity contribution in [3.8, 4) is 0 Å². The number of hydrogen-bond donors (Lipinski definition) is 2. The highest BCUT2D eigenvalue weighted by atomic mass is 16.4. The molecule has 0 aliphatic carbocycles. The van der Waals surface area contributed by atoms with Gasteiger partial charge in [-0.05, 0) is 24.1 Å². The van der Waals surface area contributed by atoms with Crippen LogP contribution in [0.3, 0.4) is 0 Å². The molecule has 1 aromatic carbocycles. The van der Waals surface area contributed by atoms with Crippen molar-refractivity contribution in [1.29, 1.82) is 0 Å². The second-order valence-electron chi connectivity index (χ2n) is 5.12. The Bertz CT molecular complexity index is 664. The number of nitrogens with one attached hydrogen (secondary N) is 1. The predicted octanol–water partition coefficient (Wildman–Crippen LogP) is 1.04. The minimum absolute atomic E-state index is 0.0678. The van der Waals surface area contributed by atoms with Crippen LogP contribution >= 0.6 is 0 Å². The SMILES string of the molecule is O=C(O)C1CC(=O)N(CCc2ccc3[nH]ncc3c2)C1. The molecule has 1 aliphatic rings. The molecule has 1 fully saturated rings. The van der Waals surface area contributed by atoms with Crippen molar-refractivity contribution in [2.24, 2.45) is 5.92 Å². The summed E-state index contributed by atoms with van der Waals surface area (Å²) in [7, 11) is 0. The summed E-state index contributed by atoms with van der Waals surface area (Å²) in [4.78, 5) is 24.3. The van der Waals surface area contributed by atoms with Gasteiger partial charge in [-0.3, -0.25) is 14.7 Å². The Kier molecular flexibility index (Phi) is 3.14. The van der Waals surface area contributed by atoms with Crippen LogP contribution in [0.5, 0.6) is 0 Å². The van der Waals surface area contributed by atoms with E-state index in [0.29, 0.717) is 13.1 Å². The van der Waals surface area contributed by atoms with Gasteiger partial charge in [0, 0.05) is 24.9 Å². The molecule has 3 rings (SSSR count). The molecule has 1 saturated heterocycles. The lowest BCUT2D eigenvalue weighted by Crippen LogP contribution is -2.28. The molecule has 6 nitrogen and oxygen atoms in total. The maximum absolute atomic E-state index is 11.7. The summed E-state index contributed by atoms with van der Waals surface area (Å²) < 4.78 is 0. The number of carbonyl (C=O) groups excluding carboxylic acids is 1. The molecule has 0 bridgehead atoms. The average Bonchev–Trinajstić information content (AvgIpc) is 3.02. The van der Waals surface area contributed by atoms with Crippen molar-refractivity contribution in [3.63, 3.8) is 0 Å². The number of aromatic nitrogens is 2. The van der Waals surface area contributed by atoms with Crippen molar-refractivity contribution in [3.05, 3.63) is 30.0 Å². The first-order chi connectivity index (χ1) is 9.63. The fraction of sp³-hybridized carbons (Fsp3) is 0.357. The molecular weight excluding hydrogens is 258 g/mol. The zero-order valence-electron chi connectivity index (χ0n) is 10.9. The van der Waals surface area contributed by atoms with Gasteiger partial charge in [0.15, 0.2) is 0 Å². The minimum Gasteiger partial charge on any atom is -0.481 e. The Morgan fingerprint density at radius 1 is 1.50 bits per heavy atom. The van der Waals surface area contributed by atoms with E-state index in [9.17, 15) is 9.59 Å². The summed E-state index contributed by atoms with van der Waals surface area (Å²) in [6.45, 7) is 0.883. The molecule has 2 heterocycles. The molecule has 20 heavy (non-hydrogen) atoms. The topological polar surface area (TPSA) is 86.3 Å². The fourth-order valence-electron chi connectivity index (χ4n) is 2.57. The fourth-order valence-corrected chi connectivity index (χ4v) is 2.57. The first-order valence-electron chi connectivity index (χ1n) is 6.56. The highest BCUT2D eigenvalue weighted by Crippen LogP contribution is 2.19. The molecule has 1 aromatic heterocycles. The van der Waals surface area contributed by atoms with Gasteiger partial charge in [-0.15, -0.1) is 0 Å². The van der Waals surface area contributed by atoms with Gasteiger partial charge in [0.25, 0.3) is 0 Å². The standard InChI is InChI=1S/C14H15N3O3/c18-13-6-11(14(19)20)8-17(13)4-3-9-1-2-12-10(5-9)7-15-16-12/h1-2,5,7,11H,3-4,6,8H2,(H,15,16)(H,19,20). The van der Waals surface area contributed by atoms with Gasteiger partial charge in [0.05, 0.1) is 17.6 Å². The Labute approximate surface area is 115 Å². The number of carboxylic acid groups (broad SMARTS) is 1. The largest absolute Gasteiger partial charge is 0.481 e. The van der Waals surface area contributed by atoms with Gasteiger partial charge in [-0.25, -0.2) is 0 Å².